The van der Waals surface area contributed by atoms with Crippen molar-refractivity contribution in [2.45, 2.75) is 20.8 Å². The molecule has 0 bridgehead atoms. The van der Waals surface area contributed by atoms with Gasteiger partial charge in [0, 0.05) is 0 Å². The third kappa shape index (κ3) is 5.45. The molecule has 0 unspecified atom stereocenters. The standard InChI is InChI=1S/C16H20O8/c1-4-21-12(17)8-23-14-10(3)6-7-11(16(19)20)15(14)24-9-13(18)22-5-2/h6-7H,4-5,8-9H2,1-3H3,(H,19,20). The molecule has 0 heterocycles. The minimum Gasteiger partial charge on any atom is -0.478 e. The lowest BCUT2D eigenvalue weighted by Gasteiger charge is -2.16. The molecule has 0 amide bonds. The summed E-state index contributed by atoms with van der Waals surface area (Å²) < 4.78 is 20.1. The van der Waals surface area contributed by atoms with E-state index in [1.54, 1.807) is 20.8 Å². The van der Waals surface area contributed by atoms with Crippen molar-refractivity contribution in [1.82, 2.24) is 0 Å². The van der Waals surface area contributed by atoms with Crippen molar-refractivity contribution in [1.29, 1.82) is 0 Å². The number of benzene rings is 1. The molecule has 1 rings (SSSR count). The fourth-order valence-electron chi connectivity index (χ4n) is 1.82. The second-order valence-electron chi connectivity index (χ2n) is 4.58. The number of carbonyl (C=O) groups excluding carboxylic acids is 2. The second-order valence-corrected chi connectivity index (χ2v) is 4.58. The number of carboxylic acid groups (broad SMARTS) is 1. The molecule has 0 aromatic heterocycles. The summed E-state index contributed by atoms with van der Waals surface area (Å²) in [6.07, 6.45) is 0. The number of esters is 2. The quantitative estimate of drug-likeness (QED) is 0.675. The van der Waals surface area contributed by atoms with Crippen LogP contribution >= 0.6 is 0 Å². The van der Waals surface area contributed by atoms with Crippen molar-refractivity contribution in [2.75, 3.05) is 26.4 Å². The minimum absolute atomic E-state index is 0.0623. The van der Waals surface area contributed by atoms with E-state index >= 15 is 0 Å². The molecule has 1 aromatic rings. The van der Waals surface area contributed by atoms with Gasteiger partial charge in [-0.2, -0.15) is 0 Å². The average Bonchev–Trinajstić information content (AvgIpc) is 2.52. The number of carboxylic acids is 1. The van der Waals surface area contributed by atoms with Gasteiger partial charge < -0.3 is 24.1 Å². The highest BCUT2D eigenvalue weighted by molar-refractivity contribution is 5.92. The first-order valence-corrected chi connectivity index (χ1v) is 7.34. The molecule has 0 spiro atoms. The number of hydrogen-bond donors (Lipinski definition) is 1. The first kappa shape index (κ1) is 19.3. The van der Waals surface area contributed by atoms with Gasteiger partial charge in [-0.15, -0.1) is 0 Å². The molecule has 0 aliphatic carbocycles. The van der Waals surface area contributed by atoms with Gasteiger partial charge in [-0.3, -0.25) is 0 Å². The van der Waals surface area contributed by atoms with Crippen LogP contribution in [0.3, 0.4) is 0 Å². The summed E-state index contributed by atoms with van der Waals surface area (Å²) in [6, 6.07) is 2.84. The molecular formula is C16H20O8. The van der Waals surface area contributed by atoms with E-state index in [1.807, 2.05) is 0 Å². The Hall–Kier alpha value is -2.77. The highest BCUT2D eigenvalue weighted by Crippen LogP contribution is 2.35. The van der Waals surface area contributed by atoms with Gasteiger partial charge in [0.1, 0.15) is 5.56 Å². The molecule has 8 heteroatoms. The van der Waals surface area contributed by atoms with E-state index in [2.05, 4.69) is 0 Å². The Labute approximate surface area is 139 Å². The van der Waals surface area contributed by atoms with Crippen LogP contribution in [0.4, 0.5) is 0 Å². The summed E-state index contributed by atoms with van der Waals surface area (Å²) in [5, 5.41) is 9.27. The predicted molar refractivity (Wildman–Crippen MR) is 82.4 cm³/mol. The lowest BCUT2D eigenvalue weighted by molar-refractivity contribution is -0.146. The maximum absolute atomic E-state index is 11.4. The number of hydrogen-bond acceptors (Lipinski definition) is 7. The summed E-state index contributed by atoms with van der Waals surface area (Å²) in [5.74, 6) is -2.58. The van der Waals surface area contributed by atoms with Gasteiger partial charge >= 0.3 is 17.9 Å². The number of ether oxygens (including phenoxy) is 4. The molecule has 0 radical (unpaired) electrons. The monoisotopic (exact) mass is 340 g/mol. The van der Waals surface area contributed by atoms with Gasteiger partial charge in [-0.25, -0.2) is 14.4 Å². The number of carbonyl (C=O) groups is 3. The van der Waals surface area contributed by atoms with E-state index in [0.717, 1.165) is 0 Å². The van der Waals surface area contributed by atoms with Crippen LogP contribution in [0, 0.1) is 6.92 Å². The highest BCUT2D eigenvalue weighted by atomic mass is 16.6. The Balaban J connectivity index is 3.05. The lowest BCUT2D eigenvalue weighted by atomic mass is 10.1. The van der Waals surface area contributed by atoms with Crippen LogP contribution in [0.1, 0.15) is 29.8 Å². The molecule has 8 nitrogen and oxygen atoms in total. The van der Waals surface area contributed by atoms with Gasteiger partial charge in [0.15, 0.2) is 24.7 Å². The molecular weight excluding hydrogens is 320 g/mol. The zero-order valence-corrected chi connectivity index (χ0v) is 13.8. The Kier molecular flexibility index (Phi) is 7.54. The third-order valence-electron chi connectivity index (χ3n) is 2.82. The second kappa shape index (κ2) is 9.39. The Bertz CT molecular complexity index is 608. The van der Waals surface area contributed by atoms with Crippen LogP contribution in [0.2, 0.25) is 0 Å². The lowest BCUT2D eigenvalue weighted by Crippen LogP contribution is -2.19. The van der Waals surface area contributed by atoms with Crippen LogP contribution in [-0.2, 0) is 19.1 Å². The summed E-state index contributed by atoms with van der Waals surface area (Å²) in [7, 11) is 0. The van der Waals surface area contributed by atoms with Crippen molar-refractivity contribution >= 4 is 17.9 Å². The molecule has 1 aromatic carbocycles. The van der Waals surface area contributed by atoms with Gasteiger partial charge in [-0.1, -0.05) is 6.07 Å². The van der Waals surface area contributed by atoms with Crippen molar-refractivity contribution < 1.29 is 38.4 Å². The van der Waals surface area contributed by atoms with Crippen molar-refractivity contribution in [2.24, 2.45) is 0 Å². The van der Waals surface area contributed by atoms with E-state index < -0.39 is 31.1 Å². The van der Waals surface area contributed by atoms with E-state index in [-0.39, 0.29) is 30.3 Å². The Morgan fingerprint density at radius 1 is 0.917 bits per heavy atom. The van der Waals surface area contributed by atoms with Crippen LogP contribution in [-0.4, -0.2) is 49.4 Å². The van der Waals surface area contributed by atoms with Gasteiger partial charge in [0.05, 0.1) is 13.2 Å². The molecule has 0 aliphatic rings. The summed E-state index contributed by atoms with van der Waals surface area (Å²) >= 11 is 0. The predicted octanol–water partition coefficient (Wildman–Crippen LogP) is 1.58. The van der Waals surface area contributed by atoms with Crippen LogP contribution in [0.15, 0.2) is 12.1 Å². The molecule has 0 aliphatic heterocycles. The van der Waals surface area contributed by atoms with Crippen LogP contribution in [0.25, 0.3) is 0 Å². The largest absolute Gasteiger partial charge is 0.478 e. The summed E-state index contributed by atoms with van der Waals surface area (Å²) in [4.78, 5) is 34.2. The SMILES string of the molecule is CCOC(=O)COc1c(C)ccc(C(=O)O)c1OCC(=O)OCC. The third-order valence-corrected chi connectivity index (χ3v) is 2.82. The van der Waals surface area contributed by atoms with Gasteiger partial charge in [0.2, 0.25) is 0 Å². The fraction of sp³-hybridized carbons (Fsp3) is 0.438. The Morgan fingerprint density at radius 3 is 1.88 bits per heavy atom. The number of aryl methyl sites for hydroxylation is 1. The zero-order valence-electron chi connectivity index (χ0n) is 13.8. The van der Waals surface area contributed by atoms with Gasteiger partial charge in [0.25, 0.3) is 0 Å². The van der Waals surface area contributed by atoms with E-state index in [0.29, 0.717) is 5.56 Å². The average molecular weight is 340 g/mol. The first-order valence-electron chi connectivity index (χ1n) is 7.34. The first-order chi connectivity index (χ1) is 11.4. The molecule has 132 valence electrons. The molecule has 24 heavy (non-hydrogen) atoms. The maximum atomic E-state index is 11.4. The summed E-state index contributed by atoms with van der Waals surface area (Å²) in [5.41, 5.74) is 0.354. The van der Waals surface area contributed by atoms with E-state index in [1.165, 1.54) is 12.1 Å². The molecule has 0 atom stereocenters. The number of aromatic carboxylic acids is 1. The topological polar surface area (TPSA) is 108 Å². The van der Waals surface area contributed by atoms with Gasteiger partial charge in [-0.05, 0) is 32.4 Å². The zero-order chi connectivity index (χ0) is 18.1. The van der Waals surface area contributed by atoms with Crippen LogP contribution < -0.4 is 9.47 Å². The smallest absolute Gasteiger partial charge is 0.344 e. The minimum atomic E-state index is -1.25. The highest BCUT2D eigenvalue weighted by Gasteiger charge is 2.21. The van der Waals surface area contributed by atoms with E-state index in [4.69, 9.17) is 18.9 Å². The summed E-state index contributed by atoms with van der Waals surface area (Å²) in [6.45, 7) is 4.43. The van der Waals surface area contributed by atoms with E-state index in [9.17, 15) is 19.5 Å². The van der Waals surface area contributed by atoms with Crippen molar-refractivity contribution in [3.05, 3.63) is 23.3 Å². The molecule has 1 N–H and O–H groups in total. The molecule has 0 saturated heterocycles. The van der Waals surface area contributed by atoms with Crippen molar-refractivity contribution in [3.8, 4) is 11.5 Å². The maximum Gasteiger partial charge on any atom is 0.344 e. The number of rotatable bonds is 9. The fourth-order valence-corrected chi connectivity index (χ4v) is 1.82. The molecule has 0 saturated carbocycles. The van der Waals surface area contributed by atoms with Crippen molar-refractivity contribution in [3.63, 3.8) is 0 Å². The van der Waals surface area contributed by atoms with Crippen LogP contribution in [0.5, 0.6) is 11.5 Å². The molecule has 0 fully saturated rings. The Morgan fingerprint density at radius 2 is 1.42 bits per heavy atom. The normalized spacial score (nSPS) is 9.96.